The maximum atomic E-state index is 13.6. The van der Waals surface area contributed by atoms with E-state index >= 15 is 0 Å². The standard InChI is InChI=1S/C25H25N3O5S/c1-15-4-8-17(9-5-15)28-21-13-25(2,3)14-22(29)19(21)12-20(24(28)31)23(30)27-16-6-10-18(11-7-16)34(26,32)33/h4-12H,13-14H2,1-3H3,(H,27,30)(H2,26,32,33). The van der Waals surface area contributed by atoms with E-state index in [0.29, 0.717) is 29.8 Å². The first-order valence-electron chi connectivity index (χ1n) is 10.7. The quantitative estimate of drug-likeness (QED) is 0.594. The minimum Gasteiger partial charge on any atom is -0.322 e. The Hall–Kier alpha value is -3.56. The molecule has 0 aliphatic heterocycles. The summed E-state index contributed by atoms with van der Waals surface area (Å²) in [6.45, 7) is 5.88. The Morgan fingerprint density at radius 2 is 1.62 bits per heavy atom. The molecule has 0 atom stereocenters. The number of hydrogen-bond donors (Lipinski definition) is 2. The third-order valence-electron chi connectivity index (χ3n) is 5.87. The number of ketones is 1. The normalized spacial score (nSPS) is 15.0. The number of nitrogens with one attached hydrogen (secondary N) is 1. The summed E-state index contributed by atoms with van der Waals surface area (Å²) in [5, 5.41) is 7.71. The van der Waals surface area contributed by atoms with Gasteiger partial charge in [0.1, 0.15) is 5.56 Å². The first-order chi connectivity index (χ1) is 15.9. The van der Waals surface area contributed by atoms with E-state index in [1.807, 2.05) is 32.9 Å². The van der Waals surface area contributed by atoms with Crippen molar-refractivity contribution in [3.63, 3.8) is 0 Å². The van der Waals surface area contributed by atoms with Crippen LogP contribution in [0, 0.1) is 12.3 Å². The molecule has 0 unspecified atom stereocenters. The highest BCUT2D eigenvalue weighted by Crippen LogP contribution is 2.35. The van der Waals surface area contributed by atoms with Crippen LogP contribution in [0.3, 0.4) is 0 Å². The average Bonchev–Trinajstić information content (AvgIpc) is 2.73. The van der Waals surface area contributed by atoms with Gasteiger partial charge in [-0.15, -0.1) is 0 Å². The van der Waals surface area contributed by atoms with Crippen molar-refractivity contribution < 1.29 is 18.0 Å². The average molecular weight is 480 g/mol. The van der Waals surface area contributed by atoms with Gasteiger partial charge >= 0.3 is 0 Å². The van der Waals surface area contributed by atoms with Crippen LogP contribution in [0.4, 0.5) is 5.69 Å². The van der Waals surface area contributed by atoms with Crippen LogP contribution in [-0.4, -0.2) is 24.7 Å². The van der Waals surface area contributed by atoms with Gasteiger partial charge in [-0.25, -0.2) is 13.6 Å². The van der Waals surface area contributed by atoms with Crippen LogP contribution in [0.25, 0.3) is 5.69 Å². The van der Waals surface area contributed by atoms with Gasteiger partial charge < -0.3 is 5.32 Å². The Morgan fingerprint density at radius 1 is 1.00 bits per heavy atom. The number of Topliss-reactive ketones (excluding diaryl/α,β-unsaturated/α-hetero) is 1. The minimum absolute atomic E-state index is 0.103. The lowest BCUT2D eigenvalue weighted by molar-refractivity contribution is 0.0908. The Labute approximate surface area is 197 Å². The summed E-state index contributed by atoms with van der Waals surface area (Å²) in [5.74, 6) is -0.826. The van der Waals surface area contributed by atoms with E-state index < -0.39 is 21.5 Å². The van der Waals surface area contributed by atoms with E-state index in [4.69, 9.17) is 5.14 Å². The van der Waals surface area contributed by atoms with Crippen molar-refractivity contribution in [2.45, 2.75) is 38.5 Å². The third kappa shape index (κ3) is 4.57. The Bertz CT molecular complexity index is 1470. The fourth-order valence-electron chi connectivity index (χ4n) is 4.17. The SMILES string of the molecule is Cc1ccc(-n2c3c(cc(C(=O)Nc4ccc(S(N)(=O)=O)cc4)c2=O)C(=O)CC(C)(C)C3)cc1. The van der Waals surface area contributed by atoms with E-state index in [1.54, 1.807) is 12.1 Å². The van der Waals surface area contributed by atoms with Crippen molar-refractivity contribution in [1.29, 1.82) is 0 Å². The molecule has 0 saturated heterocycles. The van der Waals surface area contributed by atoms with Gasteiger partial charge in [0.2, 0.25) is 10.0 Å². The van der Waals surface area contributed by atoms with E-state index in [2.05, 4.69) is 5.32 Å². The van der Waals surface area contributed by atoms with Crippen LogP contribution in [0.5, 0.6) is 0 Å². The molecule has 176 valence electrons. The Balaban J connectivity index is 1.82. The van der Waals surface area contributed by atoms with Crippen molar-refractivity contribution >= 4 is 27.4 Å². The molecule has 34 heavy (non-hydrogen) atoms. The molecule has 1 aromatic heterocycles. The number of carbonyl (C=O) groups is 2. The number of anilines is 1. The van der Waals surface area contributed by atoms with Crippen molar-refractivity contribution in [1.82, 2.24) is 4.57 Å². The maximum absolute atomic E-state index is 13.6. The number of fused-ring (bicyclic) bond motifs is 1. The van der Waals surface area contributed by atoms with E-state index in [1.165, 1.54) is 34.9 Å². The first kappa shape index (κ1) is 23.6. The number of primary sulfonamides is 1. The summed E-state index contributed by atoms with van der Waals surface area (Å²) >= 11 is 0. The summed E-state index contributed by atoms with van der Waals surface area (Å²) < 4.78 is 24.4. The van der Waals surface area contributed by atoms with Crippen molar-refractivity contribution in [3.8, 4) is 5.69 Å². The second kappa shape index (κ2) is 8.34. The van der Waals surface area contributed by atoms with Crippen molar-refractivity contribution in [2.24, 2.45) is 10.6 Å². The van der Waals surface area contributed by atoms with Crippen LogP contribution < -0.4 is 16.0 Å². The molecule has 1 aliphatic carbocycles. The number of amides is 1. The Kier molecular flexibility index (Phi) is 5.79. The minimum atomic E-state index is -3.88. The number of nitrogens with two attached hydrogens (primary N) is 1. The molecule has 0 saturated carbocycles. The second-order valence-corrected chi connectivity index (χ2v) is 10.9. The van der Waals surface area contributed by atoms with Gasteiger partial charge in [0.25, 0.3) is 11.5 Å². The molecule has 2 aromatic carbocycles. The molecular weight excluding hydrogens is 454 g/mol. The molecule has 0 spiro atoms. The van der Waals surface area contributed by atoms with Crippen molar-refractivity contribution in [2.75, 3.05) is 5.32 Å². The number of carbonyl (C=O) groups excluding carboxylic acids is 2. The summed E-state index contributed by atoms with van der Waals surface area (Å²) in [6, 6.07) is 13.9. The molecule has 3 N–H and O–H groups in total. The van der Waals surface area contributed by atoms with Gasteiger partial charge in [-0.05, 0) is 61.2 Å². The summed E-state index contributed by atoms with van der Waals surface area (Å²) in [5.41, 5.74) is 1.78. The number of sulfonamides is 1. The monoisotopic (exact) mass is 479 g/mol. The highest BCUT2D eigenvalue weighted by molar-refractivity contribution is 7.89. The smallest absolute Gasteiger partial charge is 0.268 e. The molecule has 0 fully saturated rings. The third-order valence-corrected chi connectivity index (χ3v) is 6.80. The molecule has 9 heteroatoms. The predicted molar refractivity (Wildman–Crippen MR) is 129 cm³/mol. The van der Waals surface area contributed by atoms with E-state index in [9.17, 15) is 22.8 Å². The highest BCUT2D eigenvalue weighted by Gasteiger charge is 2.35. The van der Waals surface area contributed by atoms with Gasteiger partial charge in [0.05, 0.1) is 4.90 Å². The van der Waals surface area contributed by atoms with Crippen LogP contribution in [0.2, 0.25) is 0 Å². The van der Waals surface area contributed by atoms with Gasteiger partial charge in [-0.3, -0.25) is 19.0 Å². The van der Waals surface area contributed by atoms with E-state index in [0.717, 1.165) is 5.56 Å². The topological polar surface area (TPSA) is 128 Å². The fraction of sp³-hybridized carbons (Fsp3) is 0.240. The highest BCUT2D eigenvalue weighted by atomic mass is 32.2. The number of aromatic nitrogens is 1. The molecule has 8 nitrogen and oxygen atoms in total. The van der Waals surface area contributed by atoms with Crippen LogP contribution in [-0.2, 0) is 16.4 Å². The zero-order valence-electron chi connectivity index (χ0n) is 19.1. The van der Waals surface area contributed by atoms with Gasteiger partial charge in [-0.2, -0.15) is 0 Å². The zero-order valence-corrected chi connectivity index (χ0v) is 19.9. The zero-order chi connectivity index (χ0) is 24.8. The number of benzene rings is 2. The number of nitrogens with zero attached hydrogens (tertiary/aromatic N) is 1. The lowest BCUT2D eigenvalue weighted by Crippen LogP contribution is -2.37. The summed E-state index contributed by atoms with van der Waals surface area (Å²) in [4.78, 5) is 39.5. The van der Waals surface area contributed by atoms with E-state index in [-0.39, 0.29) is 27.3 Å². The second-order valence-electron chi connectivity index (χ2n) is 9.36. The number of pyridine rings is 1. The van der Waals surface area contributed by atoms with Gasteiger partial charge in [-0.1, -0.05) is 31.5 Å². The molecule has 1 amide bonds. The summed E-state index contributed by atoms with van der Waals surface area (Å²) in [6.07, 6.45) is 0.816. The van der Waals surface area contributed by atoms with Gasteiger partial charge in [0, 0.05) is 29.1 Å². The van der Waals surface area contributed by atoms with Gasteiger partial charge in [0.15, 0.2) is 5.78 Å². The van der Waals surface area contributed by atoms with Crippen LogP contribution in [0.1, 0.15) is 52.2 Å². The van der Waals surface area contributed by atoms with Crippen LogP contribution >= 0.6 is 0 Å². The Morgan fingerprint density at radius 3 is 2.21 bits per heavy atom. The largest absolute Gasteiger partial charge is 0.322 e. The fourth-order valence-corrected chi connectivity index (χ4v) is 4.69. The molecule has 0 radical (unpaired) electrons. The number of hydrogen-bond acceptors (Lipinski definition) is 5. The summed E-state index contributed by atoms with van der Waals surface area (Å²) in [7, 11) is -3.88. The molecule has 1 heterocycles. The molecule has 0 bridgehead atoms. The van der Waals surface area contributed by atoms with Crippen LogP contribution in [0.15, 0.2) is 64.3 Å². The number of aryl methyl sites for hydroxylation is 1. The molecule has 1 aliphatic rings. The molecule has 4 rings (SSSR count). The number of rotatable bonds is 4. The maximum Gasteiger partial charge on any atom is 0.268 e. The first-order valence-corrected chi connectivity index (χ1v) is 12.2. The van der Waals surface area contributed by atoms with Crippen molar-refractivity contribution in [3.05, 3.63) is 87.3 Å². The molecular formula is C25H25N3O5S. The lowest BCUT2D eigenvalue weighted by atomic mass is 9.75. The lowest BCUT2D eigenvalue weighted by Gasteiger charge is -2.32. The predicted octanol–water partition coefficient (Wildman–Crippen LogP) is 3.20. The molecule has 3 aromatic rings.